The van der Waals surface area contributed by atoms with Gasteiger partial charge in [-0.2, -0.15) is 13.2 Å². The Morgan fingerprint density at radius 1 is 0.857 bits per heavy atom. The van der Waals surface area contributed by atoms with Gasteiger partial charge >= 0.3 is 11.9 Å². The maximum absolute atomic E-state index is 13.3. The Morgan fingerprint density at radius 3 is 2.26 bits per heavy atom. The Morgan fingerprint density at radius 2 is 1.57 bits per heavy atom. The molecule has 0 amide bonds. The molecule has 1 heterocycles. The number of Topliss-reactive ketones (excluding diaryl/α,β-unsaturated/α-hetero) is 1. The third-order valence-corrected chi connectivity index (χ3v) is 5.77. The van der Waals surface area contributed by atoms with Gasteiger partial charge in [-0.3, -0.25) is 18.7 Å². The number of ketones is 1. The zero-order valence-electron chi connectivity index (χ0n) is 18.5. The molecule has 1 aromatic heterocycles. The highest BCUT2D eigenvalue weighted by Gasteiger charge is 2.30. The fraction of sp³-hybridized carbons (Fsp3) is 0.192. The molecule has 1 N–H and O–H groups in total. The monoisotopic (exact) mass is 482 g/mol. The maximum atomic E-state index is 13.3. The van der Waals surface area contributed by atoms with Gasteiger partial charge in [-0.15, -0.1) is 0 Å². The highest BCUT2D eigenvalue weighted by atomic mass is 19.4. The molecule has 0 saturated carbocycles. The predicted molar refractivity (Wildman–Crippen MR) is 125 cm³/mol. The van der Waals surface area contributed by atoms with Crippen LogP contribution < -0.4 is 11.2 Å². The predicted octanol–water partition coefficient (Wildman–Crippen LogP) is 3.65. The Hall–Kier alpha value is -3.98. The standard InChI is InChI=1S/C26H21F3N2O4/c27-26(28,29)20-5-3-4-17(14-20)12-13-30-24(34)21-6-1-2-7-22(21)31(25(30)35)15-18-8-10-19(11-9-18)23(33)16-32/h1-11,14,32H,12-13,15-16H2. The highest BCUT2D eigenvalue weighted by molar-refractivity contribution is 5.96. The number of alkyl halides is 3. The average molecular weight is 482 g/mol. The van der Waals surface area contributed by atoms with Crippen molar-refractivity contribution in [2.45, 2.75) is 25.7 Å². The van der Waals surface area contributed by atoms with Crippen molar-refractivity contribution in [3.63, 3.8) is 0 Å². The normalized spacial score (nSPS) is 11.7. The first-order valence-corrected chi connectivity index (χ1v) is 10.8. The van der Waals surface area contributed by atoms with Gasteiger partial charge in [-0.25, -0.2) is 4.79 Å². The number of carbonyl (C=O) groups excluding carboxylic acids is 1. The van der Waals surface area contributed by atoms with Gasteiger partial charge in [-0.1, -0.05) is 54.6 Å². The molecule has 6 nitrogen and oxygen atoms in total. The molecule has 0 unspecified atom stereocenters. The van der Waals surface area contributed by atoms with Crippen molar-refractivity contribution in [2.75, 3.05) is 6.61 Å². The van der Waals surface area contributed by atoms with Gasteiger partial charge in [0.15, 0.2) is 5.78 Å². The fourth-order valence-corrected chi connectivity index (χ4v) is 3.93. The number of aryl methyl sites for hydroxylation is 1. The molecule has 4 aromatic rings. The van der Waals surface area contributed by atoms with E-state index < -0.39 is 35.4 Å². The Kier molecular flexibility index (Phi) is 6.70. The van der Waals surface area contributed by atoms with Gasteiger partial charge in [-0.05, 0) is 35.7 Å². The van der Waals surface area contributed by atoms with Crippen molar-refractivity contribution < 1.29 is 23.1 Å². The third-order valence-electron chi connectivity index (χ3n) is 5.77. The van der Waals surface area contributed by atoms with E-state index in [4.69, 9.17) is 5.11 Å². The van der Waals surface area contributed by atoms with E-state index in [0.29, 0.717) is 27.6 Å². The first-order chi connectivity index (χ1) is 16.7. The number of aliphatic hydroxyl groups is 1. The minimum Gasteiger partial charge on any atom is -0.388 e. The molecule has 3 aromatic carbocycles. The quantitative estimate of drug-likeness (QED) is 0.408. The van der Waals surface area contributed by atoms with Crippen LogP contribution in [0.15, 0.2) is 82.4 Å². The molecule has 0 saturated heterocycles. The molecule has 0 spiro atoms. The van der Waals surface area contributed by atoms with E-state index in [-0.39, 0.29) is 19.5 Å². The number of hydrogen-bond donors (Lipinski definition) is 1. The number of aromatic nitrogens is 2. The number of aliphatic hydroxyl groups excluding tert-OH is 1. The van der Waals surface area contributed by atoms with Gasteiger partial charge in [0.05, 0.1) is 23.0 Å². The number of fused-ring (bicyclic) bond motifs is 1. The largest absolute Gasteiger partial charge is 0.416 e. The van der Waals surface area contributed by atoms with Crippen LogP contribution in [0.2, 0.25) is 0 Å². The van der Waals surface area contributed by atoms with Crippen LogP contribution in [-0.4, -0.2) is 26.6 Å². The molecule has 0 fully saturated rings. The molecule has 9 heteroatoms. The third kappa shape index (κ3) is 5.09. The van der Waals surface area contributed by atoms with E-state index in [9.17, 15) is 27.6 Å². The molecule has 4 rings (SSSR count). The summed E-state index contributed by atoms with van der Waals surface area (Å²) in [5.41, 5.74) is -0.0899. The second kappa shape index (κ2) is 9.71. The summed E-state index contributed by atoms with van der Waals surface area (Å²) in [5, 5.41) is 9.32. The lowest BCUT2D eigenvalue weighted by Crippen LogP contribution is -2.40. The van der Waals surface area contributed by atoms with Crippen molar-refractivity contribution in [1.82, 2.24) is 9.13 Å². The van der Waals surface area contributed by atoms with Crippen LogP contribution in [0.3, 0.4) is 0 Å². The summed E-state index contributed by atoms with van der Waals surface area (Å²) in [6, 6.07) is 17.8. The van der Waals surface area contributed by atoms with Gasteiger partial charge in [0.1, 0.15) is 6.61 Å². The highest BCUT2D eigenvalue weighted by Crippen LogP contribution is 2.29. The van der Waals surface area contributed by atoms with Crippen LogP contribution in [-0.2, 0) is 25.7 Å². The minimum atomic E-state index is -4.49. The molecule has 35 heavy (non-hydrogen) atoms. The molecule has 0 aliphatic carbocycles. The Labute approximate surface area is 197 Å². The van der Waals surface area contributed by atoms with Crippen LogP contribution in [0.4, 0.5) is 13.2 Å². The van der Waals surface area contributed by atoms with Crippen LogP contribution in [0.25, 0.3) is 10.9 Å². The Bertz CT molecular complexity index is 1500. The molecule has 0 aliphatic rings. The summed E-state index contributed by atoms with van der Waals surface area (Å²) in [7, 11) is 0. The first-order valence-electron chi connectivity index (χ1n) is 10.8. The lowest BCUT2D eigenvalue weighted by molar-refractivity contribution is -0.137. The number of benzene rings is 3. The van der Waals surface area contributed by atoms with Crippen molar-refractivity contribution in [1.29, 1.82) is 0 Å². The summed E-state index contributed by atoms with van der Waals surface area (Å²) < 4.78 is 41.6. The maximum Gasteiger partial charge on any atom is 0.416 e. The molecule has 180 valence electrons. The summed E-state index contributed by atoms with van der Waals surface area (Å²) in [4.78, 5) is 38.1. The molecule has 0 aliphatic heterocycles. The van der Waals surface area contributed by atoms with Crippen molar-refractivity contribution >= 4 is 16.7 Å². The average Bonchev–Trinajstić information content (AvgIpc) is 2.86. The second-order valence-corrected chi connectivity index (χ2v) is 8.07. The molecule has 0 radical (unpaired) electrons. The summed E-state index contributed by atoms with van der Waals surface area (Å²) >= 11 is 0. The SMILES string of the molecule is O=C(CO)c1ccc(Cn2c(=O)n(CCc3cccc(C(F)(F)F)c3)c(=O)c3ccccc32)cc1. The van der Waals surface area contributed by atoms with Crippen molar-refractivity contribution in [3.05, 3.63) is 116 Å². The number of para-hydroxylation sites is 1. The van der Waals surface area contributed by atoms with Crippen LogP contribution in [0.5, 0.6) is 0 Å². The van der Waals surface area contributed by atoms with E-state index in [1.807, 2.05) is 0 Å². The van der Waals surface area contributed by atoms with E-state index in [1.54, 1.807) is 48.5 Å². The number of carbonyl (C=O) groups is 1. The van der Waals surface area contributed by atoms with Crippen LogP contribution in [0.1, 0.15) is 27.0 Å². The second-order valence-electron chi connectivity index (χ2n) is 8.07. The van der Waals surface area contributed by atoms with E-state index in [2.05, 4.69) is 0 Å². The summed E-state index contributed by atoms with van der Waals surface area (Å²) in [5.74, 6) is -0.428. The zero-order valence-corrected chi connectivity index (χ0v) is 18.5. The Balaban J connectivity index is 1.71. The topological polar surface area (TPSA) is 81.3 Å². The lowest BCUT2D eigenvalue weighted by atomic mass is 10.1. The smallest absolute Gasteiger partial charge is 0.388 e. The fourth-order valence-electron chi connectivity index (χ4n) is 3.93. The van der Waals surface area contributed by atoms with E-state index in [0.717, 1.165) is 16.7 Å². The molecule has 0 atom stereocenters. The summed E-state index contributed by atoms with van der Waals surface area (Å²) in [6.07, 6.45) is -4.42. The number of hydrogen-bond acceptors (Lipinski definition) is 4. The van der Waals surface area contributed by atoms with Gasteiger partial charge in [0.2, 0.25) is 0 Å². The summed E-state index contributed by atoms with van der Waals surface area (Å²) in [6.45, 7) is -0.592. The first kappa shape index (κ1) is 24.2. The van der Waals surface area contributed by atoms with Crippen LogP contribution >= 0.6 is 0 Å². The zero-order chi connectivity index (χ0) is 25.2. The molecular formula is C26H21F3N2O4. The van der Waals surface area contributed by atoms with Crippen molar-refractivity contribution in [3.8, 4) is 0 Å². The van der Waals surface area contributed by atoms with Crippen LogP contribution in [0, 0.1) is 0 Å². The van der Waals surface area contributed by atoms with E-state index >= 15 is 0 Å². The number of nitrogens with zero attached hydrogens (tertiary/aromatic N) is 2. The van der Waals surface area contributed by atoms with Gasteiger partial charge in [0.25, 0.3) is 5.56 Å². The molecular weight excluding hydrogens is 461 g/mol. The number of halogens is 3. The molecule has 0 bridgehead atoms. The van der Waals surface area contributed by atoms with Gasteiger partial charge in [0, 0.05) is 12.1 Å². The van der Waals surface area contributed by atoms with E-state index in [1.165, 1.54) is 16.7 Å². The minimum absolute atomic E-state index is 0.0649. The van der Waals surface area contributed by atoms with Crippen molar-refractivity contribution in [2.24, 2.45) is 0 Å². The lowest BCUT2D eigenvalue weighted by Gasteiger charge is -2.15. The number of rotatable bonds is 7. The van der Waals surface area contributed by atoms with Gasteiger partial charge < -0.3 is 5.11 Å².